The number of halogens is 5. The van der Waals surface area contributed by atoms with Gasteiger partial charge in [-0.25, -0.2) is 9.50 Å². The summed E-state index contributed by atoms with van der Waals surface area (Å²) in [6.45, 7) is 3.12. The van der Waals surface area contributed by atoms with Crippen molar-refractivity contribution in [3.05, 3.63) is 87.4 Å². The number of nitrogens with zero attached hydrogens (tertiary/aromatic N) is 4. The van der Waals surface area contributed by atoms with Gasteiger partial charge in [0.25, 0.3) is 11.6 Å². The van der Waals surface area contributed by atoms with Crippen LogP contribution in [0.1, 0.15) is 27.4 Å². The Labute approximate surface area is 209 Å². The summed E-state index contributed by atoms with van der Waals surface area (Å²) < 4.78 is 67.5. The molecule has 0 aliphatic carbocycles. The molecule has 0 radical (unpaired) electrons. The lowest BCUT2D eigenvalue weighted by atomic mass is 10.2. The number of benzene rings is 2. The minimum Gasteiger partial charge on any atom is -0.320 e. The zero-order valence-electron chi connectivity index (χ0n) is 19.0. The quantitative estimate of drug-likeness (QED) is 0.176. The minimum atomic E-state index is -5.91. The van der Waals surface area contributed by atoms with Crippen LogP contribution in [0.5, 0.6) is 0 Å². The van der Waals surface area contributed by atoms with Crippen LogP contribution in [-0.2, 0) is 5.92 Å². The number of hydrogen-bond donors (Lipinski definition) is 1. The van der Waals surface area contributed by atoms with Crippen LogP contribution in [0.4, 0.5) is 33.3 Å². The maximum atomic E-state index is 14.1. The molecule has 14 heteroatoms. The Morgan fingerprint density at radius 1 is 1.00 bits per heavy atom. The molecule has 8 nitrogen and oxygen atoms in total. The molecule has 1 amide bonds. The van der Waals surface area contributed by atoms with E-state index in [9.17, 15) is 36.9 Å². The number of carbonyl (C=O) groups excluding carboxylic acids is 1. The van der Waals surface area contributed by atoms with E-state index in [4.69, 9.17) is 0 Å². The predicted molar refractivity (Wildman–Crippen MR) is 124 cm³/mol. The predicted octanol–water partition coefficient (Wildman–Crippen LogP) is 6.31. The molecule has 0 aliphatic heterocycles. The van der Waals surface area contributed by atoms with Crippen molar-refractivity contribution in [1.29, 1.82) is 0 Å². The van der Waals surface area contributed by atoms with Crippen LogP contribution in [-0.4, -0.2) is 31.6 Å². The second-order valence-electron chi connectivity index (χ2n) is 8.00. The lowest BCUT2D eigenvalue weighted by Gasteiger charge is -2.20. The summed E-state index contributed by atoms with van der Waals surface area (Å²) in [6.07, 6.45) is -5.91. The standard InChI is InChI=1S/C23H16F5N5O3S/c1-12-3-5-16(6-4-12)37-17-9-14(8-15(10-17)33(35)36)30-21(34)18-11-20-29-13(2)7-19(32(20)31-18)22(24,25)23(26,27)28/h3-11H,1-2H3,(H,30,34). The molecule has 0 unspecified atom stereocenters. The van der Waals surface area contributed by atoms with Gasteiger partial charge in [0.15, 0.2) is 11.3 Å². The number of alkyl halides is 5. The number of nitro benzene ring substituents is 1. The van der Waals surface area contributed by atoms with Crippen molar-refractivity contribution in [2.24, 2.45) is 0 Å². The number of fused-ring (bicyclic) bond motifs is 1. The molecule has 1 N–H and O–H groups in total. The highest BCUT2D eigenvalue weighted by molar-refractivity contribution is 7.99. The van der Waals surface area contributed by atoms with Crippen LogP contribution in [0.25, 0.3) is 5.65 Å². The Bertz CT molecular complexity index is 1520. The molecule has 0 aliphatic rings. The van der Waals surface area contributed by atoms with Gasteiger partial charge in [-0.1, -0.05) is 29.5 Å². The van der Waals surface area contributed by atoms with Crippen molar-refractivity contribution in [2.75, 3.05) is 5.32 Å². The summed E-state index contributed by atoms with van der Waals surface area (Å²) in [5.74, 6) is -6.25. The number of amides is 1. The molecule has 192 valence electrons. The summed E-state index contributed by atoms with van der Waals surface area (Å²) in [7, 11) is 0. The number of non-ortho nitro benzene ring substituents is 1. The highest BCUT2D eigenvalue weighted by Gasteiger charge is 2.60. The first-order chi connectivity index (χ1) is 17.2. The van der Waals surface area contributed by atoms with E-state index in [0.717, 1.165) is 22.6 Å². The topological polar surface area (TPSA) is 102 Å². The zero-order chi connectivity index (χ0) is 27.1. The van der Waals surface area contributed by atoms with Gasteiger partial charge in [-0.15, -0.1) is 0 Å². The number of rotatable bonds is 6. The second kappa shape index (κ2) is 9.42. The van der Waals surface area contributed by atoms with Crippen LogP contribution >= 0.6 is 11.8 Å². The largest absolute Gasteiger partial charge is 0.459 e. The first-order valence-electron chi connectivity index (χ1n) is 10.4. The lowest BCUT2D eigenvalue weighted by Crippen LogP contribution is -2.36. The summed E-state index contributed by atoms with van der Waals surface area (Å²) >= 11 is 1.20. The Morgan fingerprint density at radius 2 is 1.68 bits per heavy atom. The third-order valence-electron chi connectivity index (χ3n) is 5.08. The third-order valence-corrected chi connectivity index (χ3v) is 6.06. The van der Waals surface area contributed by atoms with Crippen molar-refractivity contribution >= 4 is 34.7 Å². The maximum Gasteiger partial charge on any atom is 0.459 e. The molecule has 2 aromatic carbocycles. The average molecular weight is 537 g/mol. The molecule has 0 fully saturated rings. The summed E-state index contributed by atoms with van der Waals surface area (Å²) in [4.78, 5) is 28.7. The first kappa shape index (κ1) is 26.0. The van der Waals surface area contributed by atoms with Gasteiger partial charge in [0.1, 0.15) is 5.69 Å². The monoisotopic (exact) mass is 537 g/mol. The van der Waals surface area contributed by atoms with Crippen LogP contribution in [0.3, 0.4) is 0 Å². The lowest BCUT2D eigenvalue weighted by molar-refractivity contribution is -0.385. The number of anilines is 1. The van der Waals surface area contributed by atoms with Crippen molar-refractivity contribution in [3.8, 4) is 0 Å². The van der Waals surface area contributed by atoms with Crippen molar-refractivity contribution < 1.29 is 31.7 Å². The number of carbonyl (C=O) groups is 1. The molecular formula is C23H16F5N5O3S. The van der Waals surface area contributed by atoms with Gasteiger partial charge in [0.05, 0.1) is 4.92 Å². The van der Waals surface area contributed by atoms with Gasteiger partial charge in [0, 0.05) is 39.4 Å². The Balaban J connectivity index is 1.68. The highest BCUT2D eigenvalue weighted by atomic mass is 32.2. The number of aromatic nitrogens is 3. The normalized spacial score (nSPS) is 12.1. The fraction of sp³-hybridized carbons (Fsp3) is 0.174. The average Bonchev–Trinajstić information content (AvgIpc) is 3.23. The molecule has 0 saturated heterocycles. The van der Waals surface area contributed by atoms with Gasteiger partial charge >= 0.3 is 12.1 Å². The first-order valence-corrected chi connectivity index (χ1v) is 11.2. The zero-order valence-corrected chi connectivity index (χ0v) is 19.8. The number of nitrogens with one attached hydrogen (secondary N) is 1. The van der Waals surface area contributed by atoms with E-state index in [1.54, 1.807) is 0 Å². The van der Waals surface area contributed by atoms with Gasteiger partial charge in [-0.05, 0) is 38.1 Å². The molecule has 4 aromatic rings. The molecule has 0 bridgehead atoms. The van der Waals surface area contributed by atoms with Crippen LogP contribution in [0.2, 0.25) is 0 Å². The summed E-state index contributed by atoms with van der Waals surface area (Å²) in [5.41, 5.74) is -1.88. The van der Waals surface area contributed by atoms with Crippen molar-refractivity contribution in [2.45, 2.75) is 35.7 Å². The van der Waals surface area contributed by atoms with E-state index in [1.807, 2.05) is 31.2 Å². The highest BCUT2D eigenvalue weighted by Crippen LogP contribution is 2.44. The van der Waals surface area contributed by atoms with Crippen molar-refractivity contribution in [3.63, 3.8) is 0 Å². The molecule has 0 saturated carbocycles. The fourth-order valence-corrected chi connectivity index (χ4v) is 4.25. The minimum absolute atomic E-state index is 0.00384. The molecule has 4 rings (SSSR count). The summed E-state index contributed by atoms with van der Waals surface area (Å²) in [6, 6.07) is 12.7. The van der Waals surface area contributed by atoms with E-state index < -0.39 is 40.0 Å². The van der Waals surface area contributed by atoms with Crippen LogP contribution in [0, 0.1) is 24.0 Å². The molecule has 2 aromatic heterocycles. The number of aryl methyl sites for hydroxylation is 2. The van der Waals surface area contributed by atoms with E-state index in [0.29, 0.717) is 11.0 Å². The Kier molecular flexibility index (Phi) is 6.62. The van der Waals surface area contributed by atoms with E-state index in [1.165, 1.54) is 30.8 Å². The van der Waals surface area contributed by atoms with Crippen LogP contribution < -0.4 is 5.32 Å². The van der Waals surface area contributed by atoms with E-state index in [2.05, 4.69) is 15.4 Å². The maximum absolute atomic E-state index is 14.1. The Morgan fingerprint density at radius 3 is 2.30 bits per heavy atom. The summed E-state index contributed by atoms with van der Waals surface area (Å²) in [5, 5.41) is 17.4. The smallest absolute Gasteiger partial charge is 0.320 e. The van der Waals surface area contributed by atoms with Crippen molar-refractivity contribution in [1.82, 2.24) is 14.6 Å². The van der Waals surface area contributed by atoms with E-state index in [-0.39, 0.29) is 21.6 Å². The van der Waals surface area contributed by atoms with Gasteiger partial charge < -0.3 is 5.32 Å². The number of nitro groups is 1. The molecule has 37 heavy (non-hydrogen) atoms. The van der Waals surface area contributed by atoms with Gasteiger partial charge in [-0.3, -0.25) is 14.9 Å². The number of hydrogen-bond acceptors (Lipinski definition) is 6. The van der Waals surface area contributed by atoms with E-state index >= 15 is 0 Å². The van der Waals surface area contributed by atoms with Gasteiger partial charge in [-0.2, -0.15) is 27.1 Å². The second-order valence-corrected chi connectivity index (χ2v) is 9.14. The molecule has 0 spiro atoms. The fourth-order valence-electron chi connectivity index (χ4n) is 3.34. The molecule has 2 heterocycles. The molecule has 0 atom stereocenters. The van der Waals surface area contributed by atoms with Crippen LogP contribution in [0.15, 0.2) is 64.4 Å². The SMILES string of the molecule is Cc1ccc(Sc2cc(NC(=O)c3cc4nc(C)cc(C(F)(F)C(F)(F)F)n4n3)cc([N+](=O)[O-])c2)cc1. The van der Waals surface area contributed by atoms with Gasteiger partial charge in [0.2, 0.25) is 0 Å². The third kappa shape index (κ3) is 5.38. The Hall–Kier alpha value is -4.07. The molecular weight excluding hydrogens is 521 g/mol.